The number of aliphatic hydroxyl groups is 1. The standard InChI is InChI=1S/C16H22O3/c17-4-1-5-19-16(18)13-8-11-7-12(13)15-10-3-2-9(6-10)14(11)15/h2-3,9-15,17H,1,4-8H2. The van der Waals surface area contributed by atoms with E-state index in [1.807, 2.05) is 0 Å². The Morgan fingerprint density at radius 1 is 1.16 bits per heavy atom. The molecule has 0 amide bonds. The van der Waals surface area contributed by atoms with Crippen LogP contribution in [-0.4, -0.2) is 24.3 Å². The Morgan fingerprint density at radius 3 is 2.74 bits per heavy atom. The molecule has 0 saturated heterocycles. The number of allylic oxidation sites excluding steroid dienone is 2. The van der Waals surface area contributed by atoms with E-state index >= 15 is 0 Å². The smallest absolute Gasteiger partial charge is 0.309 e. The van der Waals surface area contributed by atoms with Crippen molar-refractivity contribution < 1.29 is 14.6 Å². The highest BCUT2D eigenvalue weighted by atomic mass is 16.5. The summed E-state index contributed by atoms with van der Waals surface area (Å²) < 4.78 is 5.33. The molecule has 0 radical (unpaired) electrons. The van der Waals surface area contributed by atoms with E-state index in [0.717, 1.165) is 36.0 Å². The first kappa shape index (κ1) is 12.0. The number of fused-ring (bicyclic) bond motifs is 9. The molecule has 0 heterocycles. The molecule has 3 fully saturated rings. The van der Waals surface area contributed by atoms with Crippen molar-refractivity contribution >= 4 is 5.97 Å². The van der Waals surface area contributed by atoms with Gasteiger partial charge in [-0.05, 0) is 54.8 Å². The molecule has 0 spiro atoms. The van der Waals surface area contributed by atoms with Gasteiger partial charge in [-0.25, -0.2) is 0 Å². The molecule has 0 aromatic rings. The average molecular weight is 262 g/mol. The van der Waals surface area contributed by atoms with E-state index in [2.05, 4.69) is 12.2 Å². The van der Waals surface area contributed by atoms with Crippen LogP contribution in [-0.2, 0) is 9.53 Å². The minimum absolute atomic E-state index is 0.00570. The number of aliphatic hydroxyl groups excluding tert-OH is 1. The number of hydrogen-bond donors (Lipinski definition) is 1. The SMILES string of the molecule is O=C(OCCCO)C1CC2CC1C1C3C=CC(C3)C21. The predicted octanol–water partition coefficient (Wildman–Crippen LogP) is 2.01. The lowest BCUT2D eigenvalue weighted by atomic mass is 9.69. The Morgan fingerprint density at radius 2 is 1.95 bits per heavy atom. The van der Waals surface area contributed by atoms with Crippen molar-refractivity contribution in [2.24, 2.45) is 41.4 Å². The van der Waals surface area contributed by atoms with Gasteiger partial charge in [0.2, 0.25) is 0 Å². The second-order valence-corrected chi connectivity index (χ2v) is 6.85. The van der Waals surface area contributed by atoms with Crippen molar-refractivity contribution in [3.63, 3.8) is 0 Å². The molecule has 0 aromatic heterocycles. The van der Waals surface area contributed by atoms with Gasteiger partial charge in [0.1, 0.15) is 0 Å². The van der Waals surface area contributed by atoms with E-state index in [0.29, 0.717) is 18.9 Å². The van der Waals surface area contributed by atoms with Crippen molar-refractivity contribution in [3.05, 3.63) is 12.2 Å². The second-order valence-electron chi connectivity index (χ2n) is 6.85. The van der Waals surface area contributed by atoms with E-state index in [9.17, 15) is 4.79 Å². The van der Waals surface area contributed by atoms with Crippen LogP contribution in [0.5, 0.6) is 0 Å². The van der Waals surface area contributed by atoms with E-state index in [4.69, 9.17) is 9.84 Å². The molecule has 1 N–H and O–H groups in total. The molecule has 3 heteroatoms. The van der Waals surface area contributed by atoms with E-state index < -0.39 is 0 Å². The predicted molar refractivity (Wildman–Crippen MR) is 70.1 cm³/mol. The summed E-state index contributed by atoms with van der Waals surface area (Å²) in [6.45, 7) is 0.479. The maximum absolute atomic E-state index is 12.2. The molecule has 7 atom stereocenters. The van der Waals surface area contributed by atoms with Crippen molar-refractivity contribution in [2.75, 3.05) is 13.2 Å². The highest BCUT2D eigenvalue weighted by Crippen LogP contribution is 2.67. The lowest BCUT2D eigenvalue weighted by Crippen LogP contribution is -2.35. The summed E-state index contributed by atoms with van der Waals surface area (Å²) in [4.78, 5) is 12.2. The zero-order valence-electron chi connectivity index (χ0n) is 11.2. The van der Waals surface area contributed by atoms with E-state index in [-0.39, 0.29) is 18.5 Å². The fraction of sp³-hybridized carbons (Fsp3) is 0.812. The van der Waals surface area contributed by atoms with Gasteiger partial charge in [0.15, 0.2) is 0 Å². The molecule has 3 saturated carbocycles. The Kier molecular flexibility index (Phi) is 2.73. The van der Waals surface area contributed by atoms with Gasteiger partial charge in [-0.2, -0.15) is 0 Å². The van der Waals surface area contributed by atoms with E-state index in [1.165, 1.54) is 12.8 Å². The monoisotopic (exact) mass is 262 g/mol. The fourth-order valence-corrected chi connectivity index (χ4v) is 5.63. The van der Waals surface area contributed by atoms with Crippen LogP contribution in [0.25, 0.3) is 0 Å². The maximum Gasteiger partial charge on any atom is 0.309 e. The summed E-state index contributed by atoms with van der Waals surface area (Å²) in [7, 11) is 0. The first-order valence-corrected chi connectivity index (χ1v) is 7.75. The number of hydrogen-bond acceptors (Lipinski definition) is 3. The summed E-state index contributed by atoms with van der Waals surface area (Å²) in [5.74, 6) is 4.71. The first-order valence-electron chi connectivity index (χ1n) is 7.75. The average Bonchev–Trinajstić information content (AvgIpc) is 3.16. The Hall–Kier alpha value is -0.830. The number of rotatable bonds is 4. The Labute approximate surface area is 114 Å². The molecule has 7 unspecified atom stereocenters. The van der Waals surface area contributed by atoms with Crippen LogP contribution < -0.4 is 0 Å². The fourth-order valence-electron chi connectivity index (χ4n) is 5.63. The normalized spacial score (nSPS) is 48.8. The Bertz CT molecular complexity index is 416. The highest BCUT2D eigenvalue weighted by molar-refractivity contribution is 5.73. The first-order chi connectivity index (χ1) is 9.29. The second kappa shape index (κ2) is 4.34. The van der Waals surface area contributed by atoms with Crippen LogP contribution >= 0.6 is 0 Å². The molecule has 0 aliphatic heterocycles. The van der Waals surface area contributed by atoms with Crippen LogP contribution in [0.15, 0.2) is 12.2 Å². The van der Waals surface area contributed by atoms with Gasteiger partial charge in [0.05, 0.1) is 12.5 Å². The minimum atomic E-state index is 0.00570. The Balaban J connectivity index is 1.45. The molecule has 4 rings (SSSR count). The summed E-state index contributed by atoms with van der Waals surface area (Å²) in [6, 6.07) is 0. The van der Waals surface area contributed by atoms with Gasteiger partial charge in [0.25, 0.3) is 0 Å². The quantitative estimate of drug-likeness (QED) is 0.365. The highest BCUT2D eigenvalue weighted by Gasteiger charge is 2.62. The molecular weight excluding hydrogens is 240 g/mol. The molecule has 0 aromatic carbocycles. The number of carbonyl (C=O) groups is 1. The van der Waals surface area contributed by atoms with Crippen LogP contribution in [0.3, 0.4) is 0 Å². The number of esters is 1. The third kappa shape index (κ3) is 1.63. The summed E-state index contributed by atoms with van der Waals surface area (Å²) in [6.07, 6.45) is 9.05. The zero-order chi connectivity index (χ0) is 13.0. The van der Waals surface area contributed by atoms with Crippen molar-refractivity contribution in [3.8, 4) is 0 Å². The summed E-state index contributed by atoms with van der Waals surface area (Å²) in [5.41, 5.74) is 0. The topological polar surface area (TPSA) is 46.5 Å². The molecular formula is C16H22O3. The molecule has 4 aliphatic carbocycles. The zero-order valence-corrected chi connectivity index (χ0v) is 11.2. The van der Waals surface area contributed by atoms with Crippen molar-refractivity contribution in [1.29, 1.82) is 0 Å². The van der Waals surface area contributed by atoms with E-state index in [1.54, 1.807) is 0 Å². The largest absolute Gasteiger partial charge is 0.465 e. The van der Waals surface area contributed by atoms with Crippen LogP contribution in [0, 0.1) is 41.4 Å². The lowest BCUT2D eigenvalue weighted by molar-refractivity contribution is -0.152. The minimum Gasteiger partial charge on any atom is -0.465 e. The van der Waals surface area contributed by atoms with Gasteiger partial charge in [-0.3, -0.25) is 4.79 Å². The number of ether oxygens (including phenoxy) is 1. The third-order valence-electron chi connectivity index (χ3n) is 6.12. The summed E-state index contributed by atoms with van der Waals surface area (Å²) in [5, 5.41) is 8.75. The number of carbonyl (C=O) groups excluding carboxylic acids is 1. The molecule has 4 aliphatic rings. The molecule has 3 nitrogen and oxygen atoms in total. The summed E-state index contributed by atoms with van der Waals surface area (Å²) >= 11 is 0. The maximum atomic E-state index is 12.2. The van der Waals surface area contributed by atoms with Gasteiger partial charge < -0.3 is 9.84 Å². The van der Waals surface area contributed by atoms with Crippen LogP contribution in [0.1, 0.15) is 25.7 Å². The molecule has 104 valence electrons. The van der Waals surface area contributed by atoms with Gasteiger partial charge in [-0.1, -0.05) is 12.2 Å². The van der Waals surface area contributed by atoms with Crippen molar-refractivity contribution in [1.82, 2.24) is 0 Å². The molecule has 4 bridgehead atoms. The van der Waals surface area contributed by atoms with Crippen LogP contribution in [0.2, 0.25) is 0 Å². The third-order valence-corrected chi connectivity index (χ3v) is 6.12. The van der Waals surface area contributed by atoms with Crippen molar-refractivity contribution in [2.45, 2.75) is 25.7 Å². The van der Waals surface area contributed by atoms with Crippen LogP contribution in [0.4, 0.5) is 0 Å². The van der Waals surface area contributed by atoms with Gasteiger partial charge in [0, 0.05) is 13.0 Å². The van der Waals surface area contributed by atoms with Gasteiger partial charge >= 0.3 is 5.97 Å². The molecule has 19 heavy (non-hydrogen) atoms. The van der Waals surface area contributed by atoms with Gasteiger partial charge in [-0.15, -0.1) is 0 Å². The lowest BCUT2D eigenvalue weighted by Gasteiger charge is -2.35.